The van der Waals surface area contributed by atoms with Gasteiger partial charge in [-0.05, 0) is 49.6 Å². The lowest BCUT2D eigenvalue weighted by atomic mass is 10.0. The Balaban J connectivity index is 1.95. The van der Waals surface area contributed by atoms with Crippen molar-refractivity contribution in [1.29, 1.82) is 0 Å². The highest BCUT2D eigenvalue weighted by Gasteiger charge is 2.25. The highest BCUT2D eigenvalue weighted by molar-refractivity contribution is 7.92. The van der Waals surface area contributed by atoms with Gasteiger partial charge in [-0.1, -0.05) is 6.07 Å². The molecule has 1 aromatic heterocycles. The lowest BCUT2D eigenvalue weighted by molar-refractivity contribution is 0.0958. The Morgan fingerprint density at radius 1 is 1.35 bits per heavy atom. The summed E-state index contributed by atoms with van der Waals surface area (Å²) in [4.78, 5) is 14.2. The summed E-state index contributed by atoms with van der Waals surface area (Å²) < 4.78 is 31.2. The first-order chi connectivity index (χ1) is 11.0. The molecular formula is C16H18N2O4S. The number of nitrogens with one attached hydrogen (secondary N) is 1. The van der Waals surface area contributed by atoms with E-state index in [-0.39, 0.29) is 17.4 Å². The number of benzene rings is 1. The third kappa shape index (κ3) is 3.24. The molecule has 0 spiro atoms. The Morgan fingerprint density at radius 2 is 2.17 bits per heavy atom. The Kier molecular flexibility index (Phi) is 4.12. The maximum absolute atomic E-state index is 12.6. The number of anilines is 2. The number of carbonyl (C=O) groups is 1. The van der Waals surface area contributed by atoms with Gasteiger partial charge in [0.15, 0.2) is 5.76 Å². The van der Waals surface area contributed by atoms with Crippen LogP contribution in [0, 0.1) is 0 Å². The summed E-state index contributed by atoms with van der Waals surface area (Å²) in [7, 11) is -3.35. The number of amides is 1. The molecule has 1 aliphatic rings. The van der Waals surface area contributed by atoms with Crippen LogP contribution in [0.15, 0.2) is 41.0 Å². The van der Waals surface area contributed by atoms with Gasteiger partial charge < -0.3 is 9.32 Å². The molecule has 0 saturated carbocycles. The van der Waals surface area contributed by atoms with Gasteiger partial charge in [-0.15, -0.1) is 0 Å². The lowest BCUT2D eigenvalue weighted by Gasteiger charge is -2.29. The third-order valence-corrected chi connectivity index (χ3v) is 5.14. The topological polar surface area (TPSA) is 79.6 Å². The van der Waals surface area contributed by atoms with Gasteiger partial charge in [-0.3, -0.25) is 9.52 Å². The fourth-order valence-electron chi connectivity index (χ4n) is 2.63. The van der Waals surface area contributed by atoms with E-state index in [4.69, 9.17) is 4.42 Å². The smallest absolute Gasteiger partial charge is 0.293 e. The van der Waals surface area contributed by atoms with Gasteiger partial charge >= 0.3 is 0 Å². The third-order valence-electron chi connectivity index (χ3n) is 3.83. The van der Waals surface area contributed by atoms with E-state index in [1.165, 1.54) is 6.26 Å². The number of nitrogens with zero attached hydrogens (tertiary/aromatic N) is 1. The van der Waals surface area contributed by atoms with Crippen molar-refractivity contribution in [3.8, 4) is 0 Å². The Morgan fingerprint density at radius 3 is 2.87 bits per heavy atom. The van der Waals surface area contributed by atoms with Crippen LogP contribution in [0.25, 0.3) is 0 Å². The maximum atomic E-state index is 12.6. The van der Waals surface area contributed by atoms with Crippen LogP contribution in [0.3, 0.4) is 0 Å². The van der Waals surface area contributed by atoms with E-state index >= 15 is 0 Å². The van der Waals surface area contributed by atoms with E-state index < -0.39 is 10.0 Å². The van der Waals surface area contributed by atoms with Crippen LogP contribution in [-0.2, 0) is 16.4 Å². The second-order valence-electron chi connectivity index (χ2n) is 5.39. The summed E-state index contributed by atoms with van der Waals surface area (Å²) in [5.41, 5.74) is 2.22. The van der Waals surface area contributed by atoms with Crippen molar-refractivity contribution in [1.82, 2.24) is 0 Å². The van der Waals surface area contributed by atoms with Crippen LogP contribution >= 0.6 is 0 Å². The molecule has 122 valence electrons. The average Bonchev–Trinajstić information content (AvgIpc) is 3.08. The van der Waals surface area contributed by atoms with Gasteiger partial charge in [0, 0.05) is 12.2 Å². The molecule has 2 aromatic rings. The predicted octanol–water partition coefficient (Wildman–Crippen LogP) is 2.63. The van der Waals surface area contributed by atoms with Crippen molar-refractivity contribution in [3.05, 3.63) is 47.9 Å². The fourth-order valence-corrected chi connectivity index (χ4v) is 3.26. The first-order valence-electron chi connectivity index (χ1n) is 7.49. The van der Waals surface area contributed by atoms with Crippen molar-refractivity contribution in [2.45, 2.75) is 19.8 Å². The summed E-state index contributed by atoms with van der Waals surface area (Å²) >= 11 is 0. The fraction of sp³-hybridized carbons (Fsp3) is 0.312. The van der Waals surface area contributed by atoms with Gasteiger partial charge in [0.05, 0.1) is 17.7 Å². The predicted molar refractivity (Wildman–Crippen MR) is 88.2 cm³/mol. The SMILES string of the molecule is CCS(=O)(=O)Nc1ccc2c(c1)N(C(=O)c1ccco1)CCC2. The van der Waals surface area contributed by atoms with Crippen molar-refractivity contribution < 1.29 is 17.6 Å². The van der Waals surface area contributed by atoms with E-state index in [2.05, 4.69) is 4.72 Å². The van der Waals surface area contributed by atoms with Crippen LogP contribution in [0.2, 0.25) is 0 Å². The number of aryl methyl sites for hydroxylation is 1. The first-order valence-corrected chi connectivity index (χ1v) is 9.14. The second-order valence-corrected chi connectivity index (χ2v) is 7.40. The van der Waals surface area contributed by atoms with Crippen LogP contribution < -0.4 is 9.62 Å². The number of rotatable bonds is 4. The van der Waals surface area contributed by atoms with Crippen LogP contribution in [-0.4, -0.2) is 26.6 Å². The van der Waals surface area contributed by atoms with Crippen molar-refractivity contribution >= 4 is 27.3 Å². The molecule has 1 aromatic carbocycles. The van der Waals surface area contributed by atoms with Gasteiger partial charge in [0.2, 0.25) is 10.0 Å². The lowest BCUT2D eigenvalue weighted by Crippen LogP contribution is -2.35. The molecule has 1 amide bonds. The molecule has 1 aliphatic heterocycles. The number of fused-ring (bicyclic) bond motifs is 1. The molecule has 0 unspecified atom stereocenters. The molecule has 0 fully saturated rings. The summed E-state index contributed by atoms with van der Waals surface area (Å²) in [6.45, 7) is 2.16. The van der Waals surface area contributed by atoms with E-state index in [1.54, 1.807) is 36.1 Å². The quantitative estimate of drug-likeness (QED) is 0.932. The van der Waals surface area contributed by atoms with Crippen LogP contribution in [0.4, 0.5) is 11.4 Å². The molecule has 0 saturated heterocycles. The molecule has 6 nitrogen and oxygen atoms in total. The summed E-state index contributed by atoms with van der Waals surface area (Å²) in [5, 5.41) is 0. The monoisotopic (exact) mass is 334 g/mol. The molecule has 0 bridgehead atoms. The van der Waals surface area contributed by atoms with Gasteiger partial charge in [0.25, 0.3) is 5.91 Å². The van der Waals surface area contributed by atoms with Crippen molar-refractivity contribution in [3.63, 3.8) is 0 Å². The summed E-state index contributed by atoms with van der Waals surface area (Å²) in [5.74, 6) is 0.0582. The number of carbonyl (C=O) groups excluding carboxylic acids is 1. The minimum absolute atomic E-state index is 0.000868. The minimum atomic E-state index is -3.35. The zero-order chi connectivity index (χ0) is 16.4. The maximum Gasteiger partial charge on any atom is 0.293 e. The van der Waals surface area contributed by atoms with Gasteiger partial charge in [0.1, 0.15) is 0 Å². The molecule has 3 rings (SSSR count). The number of hydrogen-bond acceptors (Lipinski definition) is 4. The van der Waals surface area contributed by atoms with E-state index in [1.807, 2.05) is 6.07 Å². The summed E-state index contributed by atoms with van der Waals surface area (Å²) in [6, 6.07) is 8.60. The standard InChI is InChI=1S/C16H18N2O4S/c1-2-23(20,21)17-13-8-7-12-5-3-9-18(14(12)11-13)16(19)15-6-4-10-22-15/h4,6-8,10-11,17H,2-3,5,9H2,1H3. The van der Waals surface area contributed by atoms with E-state index in [0.29, 0.717) is 12.2 Å². The molecule has 23 heavy (non-hydrogen) atoms. The molecule has 0 aliphatic carbocycles. The van der Waals surface area contributed by atoms with Crippen molar-refractivity contribution in [2.75, 3.05) is 21.9 Å². The number of sulfonamides is 1. The highest BCUT2D eigenvalue weighted by Crippen LogP contribution is 2.31. The summed E-state index contributed by atoms with van der Waals surface area (Å²) in [6.07, 6.45) is 3.18. The van der Waals surface area contributed by atoms with Crippen molar-refractivity contribution in [2.24, 2.45) is 0 Å². The first kappa shape index (κ1) is 15.6. The van der Waals surface area contributed by atoms with Crippen LogP contribution in [0.5, 0.6) is 0 Å². The molecule has 2 heterocycles. The second kappa shape index (κ2) is 6.08. The minimum Gasteiger partial charge on any atom is -0.459 e. The molecule has 0 atom stereocenters. The van der Waals surface area contributed by atoms with E-state index in [9.17, 15) is 13.2 Å². The van der Waals surface area contributed by atoms with Gasteiger partial charge in [-0.25, -0.2) is 8.42 Å². The Labute approximate surface area is 135 Å². The Hall–Kier alpha value is -2.28. The van der Waals surface area contributed by atoms with E-state index in [0.717, 1.165) is 24.1 Å². The zero-order valence-electron chi connectivity index (χ0n) is 12.8. The zero-order valence-corrected chi connectivity index (χ0v) is 13.6. The number of hydrogen-bond donors (Lipinski definition) is 1. The largest absolute Gasteiger partial charge is 0.459 e. The molecular weight excluding hydrogens is 316 g/mol. The van der Waals surface area contributed by atoms with Gasteiger partial charge in [-0.2, -0.15) is 0 Å². The number of furan rings is 1. The average molecular weight is 334 g/mol. The molecule has 1 N–H and O–H groups in total. The molecule has 7 heteroatoms. The highest BCUT2D eigenvalue weighted by atomic mass is 32.2. The Bertz CT molecular complexity index is 813. The van der Waals surface area contributed by atoms with Crippen LogP contribution in [0.1, 0.15) is 29.5 Å². The normalized spacial score (nSPS) is 14.4. The molecule has 0 radical (unpaired) electrons.